The lowest BCUT2D eigenvalue weighted by Crippen LogP contribution is -2.40. The topological polar surface area (TPSA) is 107 Å². The van der Waals surface area contributed by atoms with Crippen molar-refractivity contribution in [2.24, 2.45) is 5.92 Å². The second-order valence-electron chi connectivity index (χ2n) is 6.19. The van der Waals surface area contributed by atoms with Crippen LogP contribution in [-0.2, 0) is 4.79 Å². The number of nitrogens with one attached hydrogen (secondary N) is 1. The molecule has 0 radical (unpaired) electrons. The first kappa shape index (κ1) is 16.2. The van der Waals surface area contributed by atoms with Gasteiger partial charge in [-0.05, 0) is 19.8 Å². The van der Waals surface area contributed by atoms with E-state index in [4.69, 9.17) is 0 Å². The summed E-state index contributed by atoms with van der Waals surface area (Å²) in [7, 11) is 0. The fraction of sp³-hybridized carbons (Fsp3) is 0.375. The lowest BCUT2D eigenvalue weighted by molar-refractivity contribution is -0.121. The molecule has 1 fully saturated rings. The van der Waals surface area contributed by atoms with Gasteiger partial charge in [0.15, 0.2) is 0 Å². The molecular formula is C16H19N9O. The Bertz CT molecular complexity index is 881. The number of imidazole rings is 1. The standard InChI is InChI=1S/C16H19N9O/c1-12-17-4-7-25(12)15-8-14(18-9-19-15)23-5-2-13(3-6-23)16(26)22-24-10-20-21-11-24/h4,7-11,13H,2-3,5-6H2,1H3,(H,22,26). The van der Waals surface area contributed by atoms with E-state index >= 15 is 0 Å². The van der Waals surface area contributed by atoms with Crippen molar-refractivity contribution < 1.29 is 4.79 Å². The molecule has 1 aliphatic heterocycles. The highest BCUT2D eigenvalue weighted by Crippen LogP contribution is 2.23. The first-order valence-electron chi connectivity index (χ1n) is 8.43. The first-order chi connectivity index (χ1) is 12.7. The van der Waals surface area contributed by atoms with Gasteiger partial charge in [-0.25, -0.2) is 19.6 Å². The molecule has 1 N–H and O–H groups in total. The van der Waals surface area contributed by atoms with Crippen molar-refractivity contribution in [1.82, 2.24) is 34.4 Å². The number of aryl methyl sites for hydroxylation is 1. The SMILES string of the molecule is Cc1nccn1-c1cc(N2CCC(C(=O)Nn3cnnc3)CC2)ncn1. The molecule has 10 nitrogen and oxygen atoms in total. The summed E-state index contributed by atoms with van der Waals surface area (Å²) in [6.45, 7) is 3.46. The van der Waals surface area contributed by atoms with Crippen molar-refractivity contribution >= 4 is 11.7 Å². The lowest BCUT2D eigenvalue weighted by atomic mass is 9.96. The smallest absolute Gasteiger partial charge is 0.242 e. The Morgan fingerprint density at radius 3 is 2.54 bits per heavy atom. The summed E-state index contributed by atoms with van der Waals surface area (Å²) >= 11 is 0. The molecule has 4 heterocycles. The van der Waals surface area contributed by atoms with Gasteiger partial charge >= 0.3 is 0 Å². The highest BCUT2D eigenvalue weighted by atomic mass is 16.2. The van der Waals surface area contributed by atoms with Crippen molar-refractivity contribution in [3.8, 4) is 5.82 Å². The Hall–Kier alpha value is -3.30. The van der Waals surface area contributed by atoms with Gasteiger partial charge in [0.2, 0.25) is 5.91 Å². The first-order valence-corrected chi connectivity index (χ1v) is 8.43. The molecule has 1 aliphatic rings. The van der Waals surface area contributed by atoms with E-state index in [2.05, 4.69) is 35.5 Å². The highest BCUT2D eigenvalue weighted by Gasteiger charge is 2.26. The number of nitrogens with zero attached hydrogens (tertiary/aromatic N) is 8. The average molecular weight is 353 g/mol. The molecule has 0 aromatic carbocycles. The number of piperidine rings is 1. The summed E-state index contributed by atoms with van der Waals surface area (Å²) in [6.07, 6.45) is 9.64. The Kier molecular flexibility index (Phi) is 4.30. The van der Waals surface area contributed by atoms with Crippen LogP contribution in [0.1, 0.15) is 18.7 Å². The van der Waals surface area contributed by atoms with E-state index < -0.39 is 0 Å². The Labute approximate surface area is 149 Å². The van der Waals surface area contributed by atoms with Gasteiger partial charge in [-0.2, -0.15) is 0 Å². The van der Waals surface area contributed by atoms with Crippen LogP contribution in [0, 0.1) is 12.8 Å². The summed E-state index contributed by atoms with van der Waals surface area (Å²) in [5.41, 5.74) is 2.78. The third-order valence-electron chi connectivity index (χ3n) is 4.56. The number of hydrogen-bond donors (Lipinski definition) is 1. The number of carbonyl (C=O) groups excluding carboxylic acids is 1. The van der Waals surface area contributed by atoms with Crippen LogP contribution in [-0.4, -0.2) is 53.4 Å². The largest absolute Gasteiger partial charge is 0.356 e. The number of rotatable bonds is 4. The third-order valence-corrected chi connectivity index (χ3v) is 4.56. The predicted molar refractivity (Wildman–Crippen MR) is 93.2 cm³/mol. The molecule has 134 valence electrons. The van der Waals surface area contributed by atoms with E-state index in [1.807, 2.05) is 23.8 Å². The van der Waals surface area contributed by atoms with E-state index in [-0.39, 0.29) is 11.8 Å². The van der Waals surface area contributed by atoms with Gasteiger partial charge in [-0.1, -0.05) is 0 Å². The van der Waals surface area contributed by atoms with E-state index in [1.54, 1.807) is 12.5 Å². The Morgan fingerprint density at radius 1 is 1.12 bits per heavy atom. The zero-order valence-electron chi connectivity index (χ0n) is 14.4. The van der Waals surface area contributed by atoms with Crippen molar-refractivity contribution in [3.05, 3.63) is 43.3 Å². The minimum atomic E-state index is -0.0362. The van der Waals surface area contributed by atoms with E-state index in [0.717, 1.165) is 43.4 Å². The number of aromatic nitrogens is 7. The molecule has 3 aromatic rings. The van der Waals surface area contributed by atoms with Gasteiger partial charge in [-0.3, -0.25) is 14.8 Å². The number of carbonyl (C=O) groups is 1. The van der Waals surface area contributed by atoms with Gasteiger partial charge in [0.05, 0.1) is 0 Å². The number of amides is 1. The molecule has 0 aliphatic carbocycles. The second-order valence-corrected chi connectivity index (χ2v) is 6.19. The maximum atomic E-state index is 12.3. The zero-order valence-corrected chi connectivity index (χ0v) is 14.4. The molecule has 0 bridgehead atoms. The monoisotopic (exact) mass is 353 g/mol. The van der Waals surface area contributed by atoms with Crippen LogP contribution < -0.4 is 10.3 Å². The molecule has 1 amide bonds. The Balaban J connectivity index is 1.40. The molecule has 0 unspecified atom stereocenters. The van der Waals surface area contributed by atoms with E-state index in [9.17, 15) is 4.79 Å². The molecule has 3 aromatic heterocycles. The van der Waals surface area contributed by atoms with Gasteiger partial charge in [-0.15, -0.1) is 10.2 Å². The van der Waals surface area contributed by atoms with Crippen molar-refractivity contribution in [1.29, 1.82) is 0 Å². The molecule has 0 atom stereocenters. The van der Waals surface area contributed by atoms with Crippen molar-refractivity contribution in [2.75, 3.05) is 23.4 Å². The minimum Gasteiger partial charge on any atom is -0.356 e. The quantitative estimate of drug-likeness (QED) is 0.730. The average Bonchev–Trinajstić information content (AvgIpc) is 3.33. The molecule has 0 saturated carbocycles. The van der Waals surface area contributed by atoms with Crippen molar-refractivity contribution in [2.45, 2.75) is 19.8 Å². The third kappa shape index (κ3) is 3.25. The molecule has 0 spiro atoms. The van der Waals surface area contributed by atoms with E-state index in [1.165, 1.54) is 17.3 Å². The maximum Gasteiger partial charge on any atom is 0.242 e. The minimum absolute atomic E-state index is 0.0122. The highest BCUT2D eigenvalue weighted by molar-refractivity contribution is 5.86. The summed E-state index contributed by atoms with van der Waals surface area (Å²) in [6, 6.07) is 1.95. The lowest BCUT2D eigenvalue weighted by Gasteiger charge is -2.32. The summed E-state index contributed by atoms with van der Waals surface area (Å²) < 4.78 is 3.39. The van der Waals surface area contributed by atoms with Gasteiger partial charge in [0.25, 0.3) is 0 Å². The van der Waals surface area contributed by atoms with Gasteiger partial charge < -0.3 is 4.90 Å². The van der Waals surface area contributed by atoms with Crippen LogP contribution in [0.3, 0.4) is 0 Å². The van der Waals surface area contributed by atoms with Crippen LogP contribution in [0.2, 0.25) is 0 Å². The van der Waals surface area contributed by atoms with Gasteiger partial charge in [0, 0.05) is 37.5 Å². The summed E-state index contributed by atoms with van der Waals surface area (Å²) in [5, 5.41) is 7.35. The fourth-order valence-electron chi connectivity index (χ4n) is 3.11. The molecule has 1 saturated heterocycles. The number of anilines is 1. The van der Waals surface area contributed by atoms with Gasteiger partial charge in [0.1, 0.15) is 36.4 Å². The fourth-order valence-corrected chi connectivity index (χ4v) is 3.11. The summed E-state index contributed by atoms with van der Waals surface area (Å²) in [4.78, 5) is 27.4. The predicted octanol–water partition coefficient (Wildman–Crippen LogP) is 0.549. The molecule has 4 rings (SSSR count). The van der Waals surface area contributed by atoms with Crippen LogP contribution in [0.5, 0.6) is 0 Å². The zero-order chi connectivity index (χ0) is 17.9. The second kappa shape index (κ2) is 6.90. The molecule has 10 heteroatoms. The van der Waals surface area contributed by atoms with Crippen LogP contribution in [0.4, 0.5) is 5.82 Å². The Morgan fingerprint density at radius 2 is 1.85 bits per heavy atom. The van der Waals surface area contributed by atoms with E-state index in [0.29, 0.717) is 0 Å². The number of hydrogen-bond acceptors (Lipinski definition) is 7. The van der Waals surface area contributed by atoms with Crippen LogP contribution >= 0.6 is 0 Å². The van der Waals surface area contributed by atoms with Crippen LogP contribution in [0.15, 0.2) is 37.4 Å². The van der Waals surface area contributed by atoms with Crippen LogP contribution in [0.25, 0.3) is 5.82 Å². The molecular weight excluding hydrogens is 334 g/mol. The molecule has 26 heavy (non-hydrogen) atoms. The summed E-state index contributed by atoms with van der Waals surface area (Å²) in [5.74, 6) is 2.48. The normalized spacial score (nSPS) is 15.2. The maximum absolute atomic E-state index is 12.3. The van der Waals surface area contributed by atoms with Crippen molar-refractivity contribution in [3.63, 3.8) is 0 Å².